The Hall–Kier alpha value is -1.89. The van der Waals surface area contributed by atoms with Crippen LogP contribution in [-0.2, 0) is 25.4 Å². The van der Waals surface area contributed by atoms with Crippen LogP contribution in [0, 0.1) is 0 Å². The van der Waals surface area contributed by atoms with Crippen LogP contribution in [0.5, 0.6) is 0 Å². The SMILES string of the molecule is CC(=O)NCCNCc1cn(C)c(=O)n(C)c1=O. The molecule has 0 saturated heterocycles. The summed E-state index contributed by atoms with van der Waals surface area (Å²) in [5.74, 6) is -0.0881. The number of rotatable bonds is 5. The molecule has 18 heavy (non-hydrogen) atoms. The van der Waals surface area contributed by atoms with Gasteiger partial charge in [-0.05, 0) is 0 Å². The molecule has 0 bridgehead atoms. The Morgan fingerprint density at radius 1 is 1.28 bits per heavy atom. The van der Waals surface area contributed by atoms with Crippen LogP contribution in [-0.4, -0.2) is 28.1 Å². The van der Waals surface area contributed by atoms with Crippen LogP contribution in [0.1, 0.15) is 12.5 Å². The van der Waals surface area contributed by atoms with Crippen molar-refractivity contribution in [3.63, 3.8) is 0 Å². The summed E-state index contributed by atoms with van der Waals surface area (Å²) in [5, 5.41) is 5.67. The molecule has 0 aromatic carbocycles. The van der Waals surface area contributed by atoms with E-state index in [1.165, 1.54) is 24.7 Å². The Balaban J connectivity index is 2.61. The number of carbonyl (C=O) groups is 1. The number of nitrogens with one attached hydrogen (secondary N) is 2. The topological polar surface area (TPSA) is 85.1 Å². The smallest absolute Gasteiger partial charge is 0.330 e. The van der Waals surface area contributed by atoms with Crippen LogP contribution < -0.4 is 21.9 Å². The molecular formula is C11H18N4O3. The molecule has 0 aliphatic carbocycles. The molecule has 0 radical (unpaired) electrons. The molecule has 1 heterocycles. The van der Waals surface area contributed by atoms with Crippen LogP contribution in [0.3, 0.4) is 0 Å². The predicted molar refractivity (Wildman–Crippen MR) is 67.3 cm³/mol. The standard InChI is InChI=1S/C11H18N4O3/c1-8(16)13-5-4-12-6-9-7-14(2)11(18)15(3)10(9)17/h7,12H,4-6H2,1-3H3,(H,13,16). The summed E-state index contributed by atoms with van der Waals surface area (Å²) in [5.41, 5.74) is -0.130. The van der Waals surface area contributed by atoms with Crippen molar-refractivity contribution in [1.82, 2.24) is 19.8 Å². The third-order valence-electron chi connectivity index (χ3n) is 2.51. The summed E-state index contributed by atoms with van der Waals surface area (Å²) in [4.78, 5) is 33.8. The van der Waals surface area contributed by atoms with Gasteiger partial charge in [-0.25, -0.2) is 4.79 Å². The monoisotopic (exact) mass is 254 g/mol. The first kappa shape index (κ1) is 14.2. The van der Waals surface area contributed by atoms with Gasteiger partial charge in [-0.15, -0.1) is 0 Å². The number of hydrogen-bond acceptors (Lipinski definition) is 4. The highest BCUT2D eigenvalue weighted by Crippen LogP contribution is 1.86. The molecule has 0 unspecified atom stereocenters. The van der Waals surface area contributed by atoms with Gasteiger partial charge >= 0.3 is 5.69 Å². The molecule has 2 N–H and O–H groups in total. The van der Waals surface area contributed by atoms with Gasteiger partial charge in [0.2, 0.25) is 5.91 Å². The summed E-state index contributed by atoms with van der Waals surface area (Å²) >= 11 is 0. The van der Waals surface area contributed by atoms with Gasteiger partial charge < -0.3 is 15.2 Å². The first-order chi connectivity index (χ1) is 8.43. The Kier molecular flexibility index (Phi) is 4.85. The minimum absolute atomic E-state index is 0.0881. The van der Waals surface area contributed by atoms with E-state index in [2.05, 4.69) is 10.6 Å². The fraction of sp³-hybridized carbons (Fsp3) is 0.545. The second kappa shape index (κ2) is 6.15. The number of aromatic nitrogens is 2. The molecular weight excluding hydrogens is 236 g/mol. The summed E-state index contributed by atoms with van der Waals surface area (Å²) < 4.78 is 2.44. The van der Waals surface area contributed by atoms with E-state index in [4.69, 9.17) is 0 Å². The van der Waals surface area contributed by atoms with Crippen LogP contribution in [0.2, 0.25) is 0 Å². The summed E-state index contributed by atoms with van der Waals surface area (Å²) in [6.07, 6.45) is 1.52. The third kappa shape index (κ3) is 3.56. The Labute approximate surface area is 104 Å². The van der Waals surface area contributed by atoms with E-state index in [1.807, 2.05) is 0 Å². The first-order valence-electron chi connectivity index (χ1n) is 5.64. The van der Waals surface area contributed by atoms with E-state index in [-0.39, 0.29) is 17.2 Å². The molecule has 0 fully saturated rings. The minimum Gasteiger partial charge on any atom is -0.355 e. The largest absolute Gasteiger partial charge is 0.355 e. The molecule has 0 aliphatic rings. The number of nitrogens with zero attached hydrogens (tertiary/aromatic N) is 2. The van der Waals surface area contributed by atoms with E-state index in [0.717, 1.165) is 4.57 Å². The Morgan fingerprint density at radius 2 is 1.94 bits per heavy atom. The van der Waals surface area contributed by atoms with Gasteiger partial charge in [0.05, 0.1) is 0 Å². The number of hydrogen-bond donors (Lipinski definition) is 2. The van der Waals surface area contributed by atoms with Gasteiger partial charge in [-0.2, -0.15) is 0 Å². The molecule has 7 heteroatoms. The summed E-state index contributed by atoms with van der Waals surface area (Å²) in [7, 11) is 3.05. The zero-order valence-electron chi connectivity index (χ0n) is 10.8. The van der Waals surface area contributed by atoms with Crippen molar-refractivity contribution in [2.75, 3.05) is 13.1 Å². The van der Waals surface area contributed by atoms with Gasteiger partial charge in [0, 0.05) is 52.4 Å². The second-order valence-corrected chi connectivity index (χ2v) is 4.07. The summed E-state index contributed by atoms with van der Waals surface area (Å²) in [6.45, 7) is 2.87. The first-order valence-corrected chi connectivity index (χ1v) is 5.64. The molecule has 1 aromatic heterocycles. The van der Waals surface area contributed by atoms with Crippen molar-refractivity contribution in [3.05, 3.63) is 32.6 Å². The van der Waals surface area contributed by atoms with E-state index in [9.17, 15) is 14.4 Å². The van der Waals surface area contributed by atoms with Gasteiger partial charge in [-0.3, -0.25) is 14.2 Å². The fourth-order valence-electron chi connectivity index (χ4n) is 1.55. The number of aryl methyl sites for hydroxylation is 1. The van der Waals surface area contributed by atoms with E-state index >= 15 is 0 Å². The van der Waals surface area contributed by atoms with Crippen LogP contribution in [0.4, 0.5) is 0 Å². The average Bonchev–Trinajstić information content (AvgIpc) is 2.32. The lowest BCUT2D eigenvalue weighted by Crippen LogP contribution is -2.40. The van der Waals surface area contributed by atoms with E-state index < -0.39 is 0 Å². The molecule has 0 saturated carbocycles. The van der Waals surface area contributed by atoms with Crippen molar-refractivity contribution >= 4 is 5.91 Å². The molecule has 1 aromatic rings. The Morgan fingerprint density at radius 3 is 2.56 bits per heavy atom. The maximum absolute atomic E-state index is 11.8. The lowest BCUT2D eigenvalue weighted by molar-refractivity contribution is -0.118. The van der Waals surface area contributed by atoms with Crippen LogP contribution >= 0.6 is 0 Å². The molecule has 0 aliphatic heterocycles. The molecule has 1 rings (SSSR count). The normalized spacial score (nSPS) is 10.4. The molecule has 1 amide bonds. The fourth-order valence-corrected chi connectivity index (χ4v) is 1.55. The van der Waals surface area contributed by atoms with Crippen molar-refractivity contribution in [1.29, 1.82) is 0 Å². The molecule has 7 nitrogen and oxygen atoms in total. The van der Waals surface area contributed by atoms with Gasteiger partial charge in [-0.1, -0.05) is 0 Å². The zero-order valence-corrected chi connectivity index (χ0v) is 10.8. The average molecular weight is 254 g/mol. The molecule has 100 valence electrons. The maximum atomic E-state index is 11.8. The highest BCUT2D eigenvalue weighted by Gasteiger charge is 2.05. The highest BCUT2D eigenvalue weighted by molar-refractivity contribution is 5.72. The minimum atomic E-state index is -0.345. The maximum Gasteiger partial charge on any atom is 0.330 e. The van der Waals surface area contributed by atoms with Crippen molar-refractivity contribution in [2.24, 2.45) is 14.1 Å². The molecule has 0 atom stereocenters. The van der Waals surface area contributed by atoms with Crippen molar-refractivity contribution in [3.8, 4) is 0 Å². The van der Waals surface area contributed by atoms with Crippen LogP contribution in [0.15, 0.2) is 15.8 Å². The van der Waals surface area contributed by atoms with E-state index in [0.29, 0.717) is 25.2 Å². The van der Waals surface area contributed by atoms with Gasteiger partial charge in [0.25, 0.3) is 5.56 Å². The van der Waals surface area contributed by atoms with Gasteiger partial charge in [0.15, 0.2) is 0 Å². The molecule has 0 spiro atoms. The van der Waals surface area contributed by atoms with Crippen molar-refractivity contribution < 1.29 is 4.79 Å². The van der Waals surface area contributed by atoms with E-state index in [1.54, 1.807) is 7.05 Å². The quantitative estimate of drug-likeness (QED) is 0.614. The highest BCUT2D eigenvalue weighted by atomic mass is 16.2. The lowest BCUT2D eigenvalue weighted by Gasteiger charge is -2.08. The van der Waals surface area contributed by atoms with Gasteiger partial charge in [0.1, 0.15) is 0 Å². The third-order valence-corrected chi connectivity index (χ3v) is 2.51. The number of carbonyl (C=O) groups excluding carboxylic acids is 1. The summed E-state index contributed by atoms with van der Waals surface area (Å²) in [6, 6.07) is 0. The van der Waals surface area contributed by atoms with Crippen molar-refractivity contribution in [2.45, 2.75) is 13.5 Å². The van der Waals surface area contributed by atoms with Crippen LogP contribution in [0.25, 0.3) is 0 Å². The number of amides is 1. The Bertz CT molecular complexity index is 544. The predicted octanol–water partition coefficient (Wildman–Crippen LogP) is -1.69. The lowest BCUT2D eigenvalue weighted by atomic mass is 10.3. The second-order valence-electron chi connectivity index (χ2n) is 4.07. The zero-order chi connectivity index (χ0) is 13.7.